The molecule has 0 saturated carbocycles. The standard InChI is InChI=1S/C14H19ClN6/c1-10(2)11-6-9-21(19-11)14-17-12(15)16-13(18-14)20-7-4-3-5-8-20/h6,9-10H,3-5,7-8H2,1-2H3. The molecule has 21 heavy (non-hydrogen) atoms. The highest BCUT2D eigenvalue weighted by Gasteiger charge is 2.17. The Bertz CT molecular complexity index is 618. The molecule has 1 fully saturated rings. The highest BCUT2D eigenvalue weighted by molar-refractivity contribution is 6.28. The summed E-state index contributed by atoms with van der Waals surface area (Å²) < 4.78 is 1.66. The first-order valence-electron chi connectivity index (χ1n) is 7.36. The molecule has 3 heterocycles. The molecule has 0 atom stereocenters. The maximum absolute atomic E-state index is 6.06. The Morgan fingerprint density at radius 3 is 2.43 bits per heavy atom. The van der Waals surface area contributed by atoms with E-state index in [9.17, 15) is 0 Å². The molecule has 3 rings (SSSR count). The molecular formula is C14H19ClN6. The molecule has 0 aromatic carbocycles. The van der Waals surface area contributed by atoms with E-state index >= 15 is 0 Å². The molecule has 7 heteroatoms. The quantitative estimate of drug-likeness (QED) is 0.872. The summed E-state index contributed by atoms with van der Waals surface area (Å²) in [7, 11) is 0. The average molecular weight is 307 g/mol. The Hall–Kier alpha value is -1.69. The Kier molecular flexibility index (Phi) is 4.05. The summed E-state index contributed by atoms with van der Waals surface area (Å²) in [5, 5.41) is 4.70. The van der Waals surface area contributed by atoms with E-state index in [0.717, 1.165) is 31.6 Å². The molecule has 0 amide bonds. The van der Waals surface area contributed by atoms with Crippen molar-refractivity contribution < 1.29 is 0 Å². The summed E-state index contributed by atoms with van der Waals surface area (Å²) in [6.07, 6.45) is 5.45. The number of nitrogens with zero attached hydrogens (tertiary/aromatic N) is 6. The smallest absolute Gasteiger partial charge is 0.256 e. The van der Waals surface area contributed by atoms with Gasteiger partial charge >= 0.3 is 0 Å². The van der Waals surface area contributed by atoms with Crippen molar-refractivity contribution in [3.05, 3.63) is 23.2 Å². The van der Waals surface area contributed by atoms with Gasteiger partial charge < -0.3 is 4.90 Å². The summed E-state index contributed by atoms with van der Waals surface area (Å²) in [4.78, 5) is 15.1. The molecule has 1 aliphatic rings. The van der Waals surface area contributed by atoms with E-state index in [1.807, 2.05) is 12.3 Å². The van der Waals surface area contributed by atoms with Crippen LogP contribution in [0.5, 0.6) is 0 Å². The Morgan fingerprint density at radius 1 is 1.05 bits per heavy atom. The van der Waals surface area contributed by atoms with Crippen LogP contribution in [-0.4, -0.2) is 37.8 Å². The van der Waals surface area contributed by atoms with Crippen LogP contribution in [-0.2, 0) is 0 Å². The second-order valence-corrected chi connectivity index (χ2v) is 5.93. The van der Waals surface area contributed by atoms with E-state index in [1.165, 1.54) is 6.42 Å². The number of halogens is 1. The molecule has 0 N–H and O–H groups in total. The van der Waals surface area contributed by atoms with Gasteiger partial charge in [0.2, 0.25) is 11.2 Å². The van der Waals surface area contributed by atoms with Crippen molar-refractivity contribution in [1.29, 1.82) is 0 Å². The van der Waals surface area contributed by atoms with E-state index < -0.39 is 0 Å². The van der Waals surface area contributed by atoms with E-state index in [1.54, 1.807) is 4.68 Å². The first-order chi connectivity index (χ1) is 10.1. The van der Waals surface area contributed by atoms with E-state index in [4.69, 9.17) is 11.6 Å². The van der Waals surface area contributed by atoms with Crippen molar-refractivity contribution in [2.45, 2.75) is 39.0 Å². The zero-order valence-corrected chi connectivity index (χ0v) is 13.1. The number of hydrogen-bond donors (Lipinski definition) is 0. The lowest BCUT2D eigenvalue weighted by Crippen LogP contribution is -2.31. The normalized spacial score (nSPS) is 15.7. The Morgan fingerprint density at radius 2 is 1.76 bits per heavy atom. The Balaban J connectivity index is 1.92. The van der Waals surface area contributed by atoms with Gasteiger partial charge in [0.15, 0.2) is 0 Å². The highest BCUT2D eigenvalue weighted by Crippen LogP contribution is 2.19. The second kappa shape index (κ2) is 5.97. The molecule has 2 aromatic rings. The lowest BCUT2D eigenvalue weighted by atomic mass is 10.1. The molecule has 1 saturated heterocycles. The summed E-state index contributed by atoms with van der Waals surface area (Å²) in [6.45, 7) is 6.14. The maximum atomic E-state index is 6.06. The predicted molar refractivity (Wildman–Crippen MR) is 82.1 cm³/mol. The summed E-state index contributed by atoms with van der Waals surface area (Å²) >= 11 is 6.06. The fourth-order valence-corrected chi connectivity index (χ4v) is 2.58. The molecule has 6 nitrogen and oxygen atoms in total. The zero-order valence-electron chi connectivity index (χ0n) is 12.3. The van der Waals surface area contributed by atoms with Gasteiger partial charge in [-0.1, -0.05) is 13.8 Å². The summed E-state index contributed by atoms with van der Waals surface area (Å²) in [6, 6.07) is 1.98. The van der Waals surface area contributed by atoms with Crippen molar-refractivity contribution in [1.82, 2.24) is 24.7 Å². The van der Waals surface area contributed by atoms with Crippen LogP contribution in [0.3, 0.4) is 0 Å². The topological polar surface area (TPSA) is 59.7 Å². The van der Waals surface area contributed by atoms with Gasteiger partial charge in [-0.05, 0) is 42.8 Å². The van der Waals surface area contributed by atoms with Crippen LogP contribution in [0.1, 0.15) is 44.7 Å². The minimum Gasteiger partial charge on any atom is -0.341 e. The van der Waals surface area contributed by atoms with E-state index in [0.29, 0.717) is 17.8 Å². The van der Waals surface area contributed by atoms with Gasteiger partial charge in [-0.3, -0.25) is 0 Å². The van der Waals surface area contributed by atoms with Crippen molar-refractivity contribution in [2.75, 3.05) is 18.0 Å². The monoisotopic (exact) mass is 306 g/mol. The van der Waals surface area contributed by atoms with Gasteiger partial charge in [-0.15, -0.1) is 0 Å². The van der Waals surface area contributed by atoms with Gasteiger partial charge in [0, 0.05) is 19.3 Å². The third-order valence-corrected chi connectivity index (χ3v) is 3.80. The van der Waals surface area contributed by atoms with Gasteiger partial charge in [-0.2, -0.15) is 20.1 Å². The van der Waals surface area contributed by atoms with Gasteiger partial charge in [0.25, 0.3) is 5.95 Å². The SMILES string of the molecule is CC(C)c1ccn(-c2nc(Cl)nc(N3CCCCC3)n2)n1. The number of anilines is 1. The average Bonchev–Trinajstić information content (AvgIpc) is 2.98. The molecule has 112 valence electrons. The number of hydrogen-bond acceptors (Lipinski definition) is 5. The zero-order chi connectivity index (χ0) is 14.8. The third kappa shape index (κ3) is 3.15. The van der Waals surface area contributed by atoms with Gasteiger partial charge in [0.1, 0.15) is 0 Å². The largest absolute Gasteiger partial charge is 0.341 e. The predicted octanol–water partition coefficient (Wildman–Crippen LogP) is 2.82. The van der Waals surface area contributed by atoms with Crippen LogP contribution in [0, 0.1) is 0 Å². The highest BCUT2D eigenvalue weighted by atomic mass is 35.5. The van der Waals surface area contributed by atoms with E-state index in [2.05, 4.69) is 38.8 Å². The lowest BCUT2D eigenvalue weighted by Gasteiger charge is -2.26. The van der Waals surface area contributed by atoms with Crippen molar-refractivity contribution in [3.63, 3.8) is 0 Å². The fourth-order valence-electron chi connectivity index (χ4n) is 2.42. The molecule has 0 bridgehead atoms. The maximum Gasteiger partial charge on any atom is 0.256 e. The van der Waals surface area contributed by atoms with Crippen molar-refractivity contribution >= 4 is 17.5 Å². The van der Waals surface area contributed by atoms with Crippen LogP contribution in [0.4, 0.5) is 5.95 Å². The molecule has 0 aliphatic carbocycles. The molecule has 2 aromatic heterocycles. The molecular weight excluding hydrogens is 288 g/mol. The third-order valence-electron chi connectivity index (χ3n) is 3.63. The minimum atomic E-state index is 0.210. The first kappa shape index (κ1) is 14.3. The van der Waals surface area contributed by atoms with Crippen LogP contribution < -0.4 is 4.90 Å². The lowest BCUT2D eigenvalue weighted by molar-refractivity contribution is 0.566. The van der Waals surface area contributed by atoms with Crippen LogP contribution in [0.25, 0.3) is 5.95 Å². The van der Waals surface area contributed by atoms with Crippen LogP contribution >= 0.6 is 11.6 Å². The number of rotatable bonds is 3. The summed E-state index contributed by atoms with van der Waals surface area (Å²) in [5.74, 6) is 1.49. The minimum absolute atomic E-state index is 0.210. The first-order valence-corrected chi connectivity index (χ1v) is 7.74. The number of piperidine rings is 1. The Labute approximate surface area is 129 Å². The summed E-state index contributed by atoms with van der Waals surface area (Å²) in [5.41, 5.74) is 1.01. The van der Waals surface area contributed by atoms with E-state index in [-0.39, 0.29) is 5.28 Å². The molecule has 0 spiro atoms. The van der Waals surface area contributed by atoms with Crippen LogP contribution in [0.15, 0.2) is 12.3 Å². The molecule has 0 radical (unpaired) electrons. The molecule has 0 unspecified atom stereocenters. The van der Waals surface area contributed by atoms with Crippen molar-refractivity contribution in [2.24, 2.45) is 0 Å². The molecule has 1 aliphatic heterocycles. The van der Waals surface area contributed by atoms with Crippen molar-refractivity contribution in [3.8, 4) is 5.95 Å². The fraction of sp³-hybridized carbons (Fsp3) is 0.571. The van der Waals surface area contributed by atoms with Gasteiger partial charge in [-0.25, -0.2) is 4.68 Å². The van der Waals surface area contributed by atoms with Crippen LogP contribution in [0.2, 0.25) is 5.28 Å². The van der Waals surface area contributed by atoms with Gasteiger partial charge in [0.05, 0.1) is 5.69 Å². The second-order valence-electron chi connectivity index (χ2n) is 5.59. The number of aromatic nitrogens is 5.